The summed E-state index contributed by atoms with van der Waals surface area (Å²) in [5.41, 5.74) is 1.01. The summed E-state index contributed by atoms with van der Waals surface area (Å²) in [6.07, 6.45) is 1.36. The van der Waals surface area contributed by atoms with E-state index in [9.17, 15) is 9.59 Å². The van der Waals surface area contributed by atoms with Crippen molar-refractivity contribution in [2.45, 2.75) is 6.92 Å². The summed E-state index contributed by atoms with van der Waals surface area (Å²) < 4.78 is 4.88. The Bertz CT molecular complexity index is 1020. The maximum atomic E-state index is 12.4. The Morgan fingerprint density at radius 1 is 1.12 bits per heavy atom. The summed E-state index contributed by atoms with van der Waals surface area (Å²) in [6.45, 7) is 1.70. The zero-order valence-electron chi connectivity index (χ0n) is 13.7. The lowest BCUT2D eigenvalue weighted by Crippen LogP contribution is -2.17. The molecule has 3 aromatic rings. The molecule has 2 heterocycles. The Morgan fingerprint density at radius 3 is 2.65 bits per heavy atom. The minimum absolute atomic E-state index is 0.0480. The second kappa shape index (κ2) is 7.27. The Hall–Kier alpha value is -3.99. The molecule has 2 amide bonds. The highest BCUT2D eigenvalue weighted by Crippen LogP contribution is 2.15. The van der Waals surface area contributed by atoms with E-state index in [-0.39, 0.29) is 17.1 Å². The SMILES string of the molecule is Cc1cc(NC(=O)c2cc(C(=O)Nc3ccccc3C#N)ccn2)no1. The number of nitriles is 1. The van der Waals surface area contributed by atoms with Crippen molar-refractivity contribution in [1.82, 2.24) is 10.1 Å². The van der Waals surface area contributed by atoms with Crippen LogP contribution in [0.3, 0.4) is 0 Å². The first-order chi connectivity index (χ1) is 12.6. The van der Waals surface area contributed by atoms with Crippen LogP contribution >= 0.6 is 0 Å². The van der Waals surface area contributed by atoms with Gasteiger partial charge in [-0.25, -0.2) is 0 Å². The number of pyridine rings is 1. The average Bonchev–Trinajstić information content (AvgIpc) is 3.07. The minimum atomic E-state index is -0.523. The number of nitrogens with zero attached hydrogens (tertiary/aromatic N) is 3. The van der Waals surface area contributed by atoms with Crippen LogP contribution in [0.15, 0.2) is 53.2 Å². The van der Waals surface area contributed by atoms with Gasteiger partial charge in [-0.1, -0.05) is 17.3 Å². The quantitative estimate of drug-likeness (QED) is 0.748. The van der Waals surface area contributed by atoms with Gasteiger partial charge in [0.15, 0.2) is 5.82 Å². The Kier molecular flexibility index (Phi) is 4.71. The van der Waals surface area contributed by atoms with Crippen LogP contribution in [0, 0.1) is 18.3 Å². The first-order valence-electron chi connectivity index (χ1n) is 7.58. The normalized spacial score (nSPS) is 10.0. The van der Waals surface area contributed by atoms with Gasteiger partial charge < -0.3 is 15.2 Å². The van der Waals surface area contributed by atoms with Crippen molar-refractivity contribution in [3.05, 3.63) is 71.2 Å². The molecule has 2 N–H and O–H groups in total. The molecular formula is C18H13N5O3. The standard InChI is InChI=1S/C18H13N5O3/c1-11-8-16(23-26-11)22-18(25)15-9-12(6-7-20-15)17(24)21-14-5-3-2-4-13(14)10-19/h2-9H,1H3,(H,21,24)(H,22,23,25). The molecule has 3 rings (SSSR count). The zero-order chi connectivity index (χ0) is 18.5. The van der Waals surface area contributed by atoms with E-state index in [1.54, 1.807) is 37.3 Å². The molecule has 8 nitrogen and oxygen atoms in total. The number of amides is 2. The zero-order valence-corrected chi connectivity index (χ0v) is 13.7. The van der Waals surface area contributed by atoms with Gasteiger partial charge in [0.1, 0.15) is 17.5 Å². The van der Waals surface area contributed by atoms with Gasteiger partial charge in [0, 0.05) is 17.8 Å². The largest absolute Gasteiger partial charge is 0.360 e. The molecule has 0 saturated heterocycles. The van der Waals surface area contributed by atoms with Crippen LogP contribution in [0.2, 0.25) is 0 Å². The Morgan fingerprint density at radius 2 is 1.92 bits per heavy atom. The number of hydrogen-bond donors (Lipinski definition) is 2. The summed E-state index contributed by atoms with van der Waals surface area (Å²) in [6, 6.07) is 13.0. The van der Waals surface area contributed by atoms with Crippen LogP contribution in [-0.4, -0.2) is 22.0 Å². The Balaban J connectivity index is 1.77. The summed E-state index contributed by atoms with van der Waals surface area (Å²) in [5, 5.41) is 17.9. The maximum Gasteiger partial charge on any atom is 0.275 e. The molecule has 128 valence electrons. The Labute approximate surface area is 148 Å². The summed E-state index contributed by atoms with van der Waals surface area (Å²) in [4.78, 5) is 28.6. The molecule has 26 heavy (non-hydrogen) atoms. The van der Waals surface area contributed by atoms with E-state index in [1.807, 2.05) is 6.07 Å². The number of benzene rings is 1. The number of aromatic nitrogens is 2. The van der Waals surface area contributed by atoms with E-state index in [2.05, 4.69) is 20.8 Å². The van der Waals surface area contributed by atoms with Crippen LogP contribution in [0.1, 0.15) is 32.2 Å². The lowest BCUT2D eigenvalue weighted by Gasteiger charge is -2.07. The van der Waals surface area contributed by atoms with Crippen LogP contribution < -0.4 is 10.6 Å². The molecule has 2 aromatic heterocycles. The van der Waals surface area contributed by atoms with Gasteiger partial charge in [-0.15, -0.1) is 0 Å². The number of anilines is 2. The highest BCUT2D eigenvalue weighted by atomic mass is 16.5. The number of nitrogens with one attached hydrogen (secondary N) is 2. The van der Waals surface area contributed by atoms with Gasteiger partial charge in [0.05, 0.1) is 11.3 Å². The molecule has 0 saturated carbocycles. The third kappa shape index (κ3) is 3.73. The lowest BCUT2D eigenvalue weighted by molar-refractivity contribution is 0.102. The number of rotatable bonds is 4. The molecule has 8 heteroatoms. The number of hydrogen-bond acceptors (Lipinski definition) is 6. The van der Waals surface area contributed by atoms with Crippen LogP contribution in [-0.2, 0) is 0 Å². The summed E-state index contributed by atoms with van der Waals surface area (Å²) in [7, 11) is 0. The van der Waals surface area contributed by atoms with Gasteiger partial charge >= 0.3 is 0 Å². The van der Waals surface area contributed by atoms with E-state index in [0.29, 0.717) is 17.0 Å². The van der Waals surface area contributed by atoms with E-state index < -0.39 is 11.8 Å². The molecule has 0 atom stereocenters. The molecule has 0 radical (unpaired) electrons. The lowest BCUT2D eigenvalue weighted by atomic mass is 10.1. The van der Waals surface area contributed by atoms with Gasteiger partial charge in [0.25, 0.3) is 11.8 Å². The number of carbonyl (C=O) groups is 2. The predicted octanol–water partition coefficient (Wildman–Crippen LogP) is 2.75. The molecule has 1 aromatic carbocycles. The highest BCUT2D eigenvalue weighted by molar-refractivity contribution is 6.08. The van der Waals surface area contributed by atoms with Crippen LogP contribution in [0.4, 0.5) is 11.5 Å². The maximum absolute atomic E-state index is 12.4. The first-order valence-corrected chi connectivity index (χ1v) is 7.58. The number of para-hydroxylation sites is 1. The first kappa shape index (κ1) is 16.9. The predicted molar refractivity (Wildman–Crippen MR) is 92.5 cm³/mol. The van der Waals surface area contributed by atoms with Crippen molar-refractivity contribution in [2.24, 2.45) is 0 Å². The second-order valence-electron chi connectivity index (χ2n) is 5.32. The average molecular weight is 347 g/mol. The van der Waals surface area contributed by atoms with Crippen molar-refractivity contribution in [2.75, 3.05) is 10.6 Å². The van der Waals surface area contributed by atoms with Gasteiger partial charge in [-0.2, -0.15) is 5.26 Å². The topological polar surface area (TPSA) is 121 Å². The van der Waals surface area contributed by atoms with Crippen molar-refractivity contribution in [3.63, 3.8) is 0 Å². The third-order valence-corrected chi connectivity index (χ3v) is 3.42. The monoisotopic (exact) mass is 347 g/mol. The number of aryl methyl sites for hydroxylation is 1. The second-order valence-corrected chi connectivity index (χ2v) is 5.32. The fourth-order valence-corrected chi connectivity index (χ4v) is 2.19. The van der Waals surface area contributed by atoms with Crippen LogP contribution in [0.25, 0.3) is 0 Å². The third-order valence-electron chi connectivity index (χ3n) is 3.42. The van der Waals surface area contributed by atoms with Crippen molar-refractivity contribution in [3.8, 4) is 6.07 Å². The molecule has 0 aliphatic heterocycles. The van der Waals surface area contributed by atoms with E-state index in [0.717, 1.165) is 0 Å². The summed E-state index contributed by atoms with van der Waals surface area (Å²) >= 11 is 0. The minimum Gasteiger partial charge on any atom is -0.360 e. The fourth-order valence-electron chi connectivity index (χ4n) is 2.19. The number of carbonyl (C=O) groups excluding carboxylic acids is 2. The molecular weight excluding hydrogens is 334 g/mol. The molecule has 0 aliphatic carbocycles. The molecule has 0 fully saturated rings. The van der Waals surface area contributed by atoms with Crippen molar-refractivity contribution >= 4 is 23.3 Å². The highest BCUT2D eigenvalue weighted by Gasteiger charge is 2.14. The van der Waals surface area contributed by atoms with Crippen LogP contribution in [0.5, 0.6) is 0 Å². The molecule has 0 aliphatic rings. The van der Waals surface area contributed by atoms with Gasteiger partial charge in [-0.3, -0.25) is 14.6 Å². The summed E-state index contributed by atoms with van der Waals surface area (Å²) in [5.74, 6) is -0.170. The van der Waals surface area contributed by atoms with Gasteiger partial charge in [-0.05, 0) is 31.2 Å². The molecule has 0 bridgehead atoms. The van der Waals surface area contributed by atoms with Crippen molar-refractivity contribution in [1.29, 1.82) is 5.26 Å². The van der Waals surface area contributed by atoms with E-state index in [1.165, 1.54) is 18.3 Å². The van der Waals surface area contributed by atoms with E-state index >= 15 is 0 Å². The van der Waals surface area contributed by atoms with Gasteiger partial charge in [0.2, 0.25) is 0 Å². The molecule has 0 unspecified atom stereocenters. The van der Waals surface area contributed by atoms with Crippen molar-refractivity contribution < 1.29 is 14.1 Å². The smallest absolute Gasteiger partial charge is 0.275 e. The molecule has 0 spiro atoms. The van der Waals surface area contributed by atoms with E-state index in [4.69, 9.17) is 9.78 Å². The fraction of sp³-hybridized carbons (Fsp3) is 0.0556.